The molecule has 2 aromatic rings. The first-order chi connectivity index (χ1) is 8.45. The van der Waals surface area contributed by atoms with Crippen LogP contribution < -0.4 is 0 Å². The lowest BCUT2D eigenvalue weighted by Crippen LogP contribution is -2.13. The van der Waals surface area contributed by atoms with Crippen LogP contribution in [0, 0.1) is 0 Å². The summed E-state index contributed by atoms with van der Waals surface area (Å²) in [4.78, 5) is 15.8. The van der Waals surface area contributed by atoms with Crippen LogP contribution in [0.5, 0.6) is 0 Å². The van der Waals surface area contributed by atoms with Crippen molar-refractivity contribution in [3.63, 3.8) is 0 Å². The molecule has 0 spiro atoms. The summed E-state index contributed by atoms with van der Waals surface area (Å²) >= 11 is 0. The van der Waals surface area contributed by atoms with Crippen molar-refractivity contribution < 1.29 is 17.9 Å². The number of ether oxygens (including phenoxy) is 1. The Hall–Kier alpha value is -1.89. The van der Waals surface area contributed by atoms with E-state index < -0.39 is 15.8 Å². The van der Waals surface area contributed by atoms with Crippen LogP contribution in [0.4, 0.5) is 0 Å². The molecular formula is C11H12N2O4S. The molecule has 0 aliphatic rings. The van der Waals surface area contributed by atoms with Gasteiger partial charge in [0.2, 0.25) is 0 Å². The summed E-state index contributed by atoms with van der Waals surface area (Å²) in [5, 5.41) is -0.257. The first-order valence-corrected chi connectivity index (χ1v) is 7.18. The van der Waals surface area contributed by atoms with Gasteiger partial charge in [-0.2, -0.15) is 0 Å². The predicted molar refractivity (Wildman–Crippen MR) is 64.3 cm³/mol. The highest BCUT2D eigenvalue weighted by atomic mass is 32.2. The fraction of sp³-hybridized carbons (Fsp3) is 0.273. The number of nitrogens with zero attached hydrogens (tertiary/aromatic N) is 2. The number of rotatable bonds is 3. The summed E-state index contributed by atoms with van der Waals surface area (Å²) in [6.07, 6.45) is 2.58. The molecular weight excluding hydrogens is 256 g/mol. The van der Waals surface area contributed by atoms with Crippen LogP contribution in [0.25, 0.3) is 5.65 Å². The quantitative estimate of drug-likeness (QED) is 0.773. The number of sulfone groups is 1. The first kappa shape index (κ1) is 12.6. The van der Waals surface area contributed by atoms with E-state index in [2.05, 4.69) is 4.98 Å². The second-order valence-electron chi connectivity index (χ2n) is 3.69. The van der Waals surface area contributed by atoms with Gasteiger partial charge in [-0.1, -0.05) is 6.07 Å². The number of imidazole rings is 1. The summed E-state index contributed by atoms with van der Waals surface area (Å²) in [5.74, 6) is -0.698. The Bertz CT molecular complexity index is 703. The molecule has 0 atom stereocenters. The molecule has 0 aromatic carbocycles. The van der Waals surface area contributed by atoms with Gasteiger partial charge in [-0.15, -0.1) is 0 Å². The van der Waals surface area contributed by atoms with Gasteiger partial charge in [0.1, 0.15) is 5.65 Å². The van der Waals surface area contributed by atoms with Crippen molar-refractivity contribution in [1.82, 2.24) is 9.38 Å². The van der Waals surface area contributed by atoms with Crippen molar-refractivity contribution in [3.05, 3.63) is 30.1 Å². The molecule has 0 aliphatic heterocycles. The first-order valence-electron chi connectivity index (χ1n) is 5.29. The van der Waals surface area contributed by atoms with Crippen LogP contribution in [-0.2, 0) is 14.6 Å². The van der Waals surface area contributed by atoms with E-state index in [-0.39, 0.29) is 17.3 Å². The van der Waals surface area contributed by atoms with Crippen molar-refractivity contribution in [3.8, 4) is 0 Å². The zero-order valence-electron chi connectivity index (χ0n) is 9.95. The molecule has 2 rings (SSSR count). The van der Waals surface area contributed by atoms with E-state index in [1.807, 2.05) is 0 Å². The SMILES string of the molecule is CCOC(=O)c1c(S(C)(=O)=O)nc2ccccn12. The van der Waals surface area contributed by atoms with Crippen molar-refractivity contribution in [2.24, 2.45) is 0 Å². The molecule has 6 nitrogen and oxygen atoms in total. The number of carbonyl (C=O) groups is 1. The van der Waals surface area contributed by atoms with Crippen LogP contribution in [0.2, 0.25) is 0 Å². The third kappa shape index (κ3) is 2.08. The van der Waals surface area contributed by atoms with Crippen LogP contribution >= 0.6 is 0 Å². The van der Waals surface area contributed by atoms with Gasteiger partial charge in [0, 0.05) is 12.5 Å². The van der Waals surface area contributed by atoms with Gasteiger partial charge in [0.25, 0.3) is 0 Å². The van der Waals surface area contributed by atoms with Gasteiger partial charge in [-0.25, -0.2) is 18.2 Å². The van der Waals surface area contributed by atoms with Crippen molar-refractivity contribution >= 4 is 21.5 Å². The summed E-state index contributed by atoms with van der Waals surface area (Å²) < 4.78 is 29.6. The second kappa shape index (κ2) is 4.41. The molecule has 0 fully saturated rings. The van der Waals surface area contributed by atoms with Crippen LogP contribution in [0.15, 0.2) is 29.4 Å². The Morgan fingerprint density at radius 2 is 2.17 bits per heavy atom. The Morgan fingerprint density at radius 1 is 1.44 bits per heavy atom. The number of fused-ring (bicyclic) bond motifs is 1. The zero-order chi connectivity index (χ0) is 13.3. The number of aromatic nitrogens is 2. The number of pyridine rings is 1. The molecule has 0 amide bonds. The topological polar surface area (TPSA) is 77.7 Å². The molecule has 0 saturated carbocycles. The lowest BCUT2D eigenvalue weighted by atomic mass is 10.4. The van der Waals surface area contributed by atoms with Crippen LogP contribution in [0.1, 0.15) is 17.4 Å². The van der Waals surface area contributed by atoms with Crippen molar-refractivity contribution in [1.29, 1.82) is 0 Å². The van der Waals surface area contributed by atoms with E-state index in [1.54, 1.807) is 31.3 Å². The standard InChI is InChI=1S/C11H12N2O4S/c1-3-17-11(14)9-10(18(2,15)16)12-8-6-4-5-7-13(8)9/h4-7H,3H2,1-2H3. The maximum Gasteiger partial charge on any atom is 0.358 e. The normalized spacial score (nSPS) is 11.7. The minimum Gasteiger partial charge on any atom is -0.461 e. The van der Waals surface area contributed by atoms with Gasteiger partial charge in [-0.3, -0.25) is 4.40 Å². The minimum absolute atomic E-state index is 0.0602. The van der Waals surface area contributed by atoms with Crippen molar-refractivity contribution in [2.45, 2.75) is 11.9 Å². The minimum atomic E-state index is -3.59. The zero-order valence-corrected chi connectivity index (χ0v) is 10.8. The highest BCUT2D eigenvalue weighted by Gasteiger charge is 2.26. The molecule has 0 bridgehead atoms. The number of carbonyl (C=O) groups excluding carboxylic acids is 1. The molecule has 0 aliphatic carbocycles. The van der Waals surface area contributed by atoms with Gasteiger partial charge in [-0.05, 0) is 19.1 Å². The van der Waals surface area contributed by atoms with E-state index in [9.17, 15) is 13.2 Å². The summed E-state index contributed by atoms with van der Waals surface area (Å²) in [6, 6.07) is 5.02. The number of hydrogen-bond acceptors (Lipinski definition) is 5. The lowest BCUT2D eigenvalue weighted by Gasteiger charge is -2.03. The maximum atomic E-state index is 11.8. The van der Waals surface area contributed by atoms with Gasteiger partial charge >= 0.3 is 5.97 Å². The third-order valence-electron chi connectivity index (χ3n) is 2.32. The Kier molecular flexibility index (Phi) is 3.08. The smallest absolute Gasteiger partial charge is 0.358 e. The average molecular weight is 268 g/mol. The lowest BCUT2D eigenvalue weighted by molar-refractivity contribution is 0.0513. The fourth-order valence-corrected chi connectivity index (χ4v) is 2.41. The van der Waals surface area contributed by atoms with E-state index in [4.69, 9.17) is 4.74 Å². The third-order valence-corrected chi connectivity index (χ3v) is 3.31. The maximum absolute atomic E-state index is 11.8. The molecule has 2 aromatic heterocycles. The number of esters is 1. The average Bonchev–Trinajstić information content (AvgIpc) is 2.68. The summed E-state index contributed by atoms with van der Waals surface area (Å²) in [5.41, 5.74) is 0.330. The number of hydrogen-bond donors (Lipinski definition) is 0. The Labute approximate surface area is 104 Å². The Balaban J connectivity index is 2.78. The van der Waals surface area contributed by atoms with Gasteiger partial charge < -0.3 is 4.74 Å². The van der Waals surface area contributed by atoms with Crippen LogP contribution in [-0.4, -0.2) is 36.6 Å². The molecule has 0 radical (unpaired) electrons. The van der Waals surface area contributed by atoms with E-state index >= 15 is 0 Å². The highest BCUT2D eigenvalue weighted by molar-refractivity contribution is 7.90. The summed E-state index contributed by atoms with van der Waals surface area (Å²) in [6.45, 7) is 1.82. The van der Waals surface area contributed by atoms with Crippen molar-refractivity contribution in [2.75, 3.05) is 12.9 Å². The summed E-state index contributed by atoms with van der Waals surface area (Å²) in [7, 11) is -3.59. The molecule has 96 valence electrons. The molecule has 0 saturated heterocycles. The van der Waals surface area contributed by atoms with E-state index in [0.29, 0.717) is 5.65 Å². The highest BCUT2D eigenvalue weighted by Crippen LogP contribution is 2.18. The molecule has 7 heteroatoms. The second-order valence-corrected chi connectivity index (χ2v) is 5.62. The molecule has 2 heterocycles. The molecule has 18 heavy (non-hydrogen) atoms. The van der Waals surface area contributed by atoms with Crippen LogP contribution in [0.3, 0.4) is 0 Å². The Morgan fingerprint density at radius 3 is 2.78 bits per heavy atom. The molecule has 0 N–H and O–H groups in total. The monoisotopic (exact) mass is 268 g/mol. The van der Waals surface area contributed by atoms with Gasteiger partial charge in [0.15, 0.2) is 20.6 Å². The van der Waals surface area contributed by atoms with Gasteiger partial charge in [0.05, 0.1) is 6.61 Å². The largest absolute Gasteiger partial charge is 0.461 e. The molecule has 0 unspecified atom stereocenters. The van der Waals surface area contributed by atoms with E-state index in [1.165, 1.54) is 4.40 Å². The van der Waals surface area contributed by atoms with E-state index in [0.717, 1.165) is 6.26 Å². The fourth-order valence-electron chi connectivity index (χ4n) is 1.62. The predicted octanol–water partition coefficient (Wildman–Crippen LogP) is 0.914.